The SMILES string of the molecule is CN(C(=O)O[C@@H]1CCC[C@H](NCCn2c(=O)ccc3ccc(OCCN)cc32)C1)c1ccc2c(n1)NC(=O)CO2. The summed E-state index contributed by atoms with van der Waals surface area (Å²) < 4.78 is 18.5. The fourth-order valence-corrected chi connectivity index (χ4v) is 5.04. The first-order chi connectivity index (χ1) is 19.4. The molecule has 0 radical (unpaired) electrons. The average molecular weight is 551 g/mol. The lowest BCUT2D eigenvalue weighted by atomic mass is 9.93. The first-order valence-electron chi connectivity index (χ1n) is 13.5. The minimum Gasteiger partial charge on any atom is -0.492 e. The van der Waals surface area contributed by atoms with Crippen LogP contribution < -0.4 is 36.3 Å². The normalized spacial score (nSPS) is 18.4. The molecule has 212 valence electrons. The van der Waals surface area contributed by atoms with Gasteiger partial charge in [0.05, 0.1) is 5.52 Å². The monoisotopic (exact) mass is 550 g/mol. The van der Waals surface area contributed by atoms with Crippen molar-refractivity contribution in [1.82, 2.24) is 14.9 Å². The van der Waals surface area contributed by atoms with E-state index in [0.717, 1.165) is 30.2 Å². The Balaban J connectivity index is 1.16. The summed E-state index contributed by atoms with van der Waals surface area (Å²) in [6, 6.07) is 12.5. The molecule has 1 fully saturated rings. The molecule has 0 unspecified atom stereocenters. The summed E-state index contributed by atoms with van der Waals surface area (Å²) in [4.78, 5) is 42.8. The van der Waals surface area contributed by atoms with E-state index >= 15 is 0 Å². The summed E-state index contributed by atoms with van der Waals surface area (Å²) >= 11 is 0. The van der Waals surface area contributed by atoms with Crippen LogP contribution >= 0.6 is 0 Å². The molecule has 2 aromatic heterocycles. The van der Waals surface area contributed by atoms with E-state index in [9.17, 15) is 14.4 Å². The fourth-order valence-electron chi connectivity index (χ4n) is 5.04. The third-order valence-corrected chi connectivity index (χ3v) is 7.09. The zero-order valence-electron chi connectivity index (χ0n) is 22.4. The number of hydrogen-bond donors (Lipinski definition) is 3. The Bertz CT molecular complexity index is 1440. The quantitative estimate of drug-likeness (QED) is 0.364. The Morgan fingerprint density at radius 1 is 1.23 bits per heavy atom. The predicted molar refractivity (Wildman–Crippen MR) is 150 cm³/mol. The lowest BCUT2D eigenvalue weighted by molar-refractivity contribution is -0.118. The molecule has 0 spiro atoms. The number of ether oxygens (including phenoxy) is 3. The smallest absolute Gasteiger partial charge is 0.415 e. The molecular weight excluding hydrogens is 516 g/mol. The maximum atomic E-state index is 12.9. The van der Waals surface area contributed by atoms with Gasteiger partial charge < -0.3 is 35.1 Å². The van der Waals surface area contributed by atoms with Gasteiger partial charge in [-0.1, -0.05) is 0 Å². The standard InChI is InChI=1S/C28H34N6O6/c1-33(24-9-8-23-27(31-24)32-25(35)17-39-23)28(37)40-21-4-2-3-19(15-21)30-12-13-34-22-16-20(38-14-11-29)7-5-18(22)6-10-26(34)36/h5-10,16,19,21,30H,2-4,11-15,17,29H2,1H3,(H,31,32,35)/t19-,21+/m0/s1. The highest BCUT2D eigenvalue weighted by Gasteiger charge is 2.27. The second-order valence-corrected chi connectivity index (χ2v) is 9.92. The lowest BCUT2D eigenvalue weighted by Gasteiger charge is -2.31. The van der Waals surface area contributed by atoms with Gasteiger partial charge in [0.2, 0.25) is 0 Å². The minimum atomic E-state index is -0.517. The maximum Gasteiger partial charge on any atom is 0.415 e. The molecule has 2 atom stereocenters. The second kappa shape index (κ2) is 12.3. The molecule has 12 heteroatoms. The minimum absolute atomic E-state index is 0.0629. The molecule has 1 aromatic carbocycles. The number of aromatic nitrogens is 2. The molecule has 12 nitrogen and oxygen atoms in total. The van der Waals surface area contributed by atoms with Crippen molar-refractivity contribution in [1.29, 1.82) is 0 Å². The Hall–Kier alpha value is -4.16. The highest BCUT2D eigenvalue weighted by atomic mass is 16.6. The van der Waals surface area contributed by atoms with Crippen LogP contribution in [0.1, 0.15) is 25.7 Å². The Kier molecular flexibility index (Phi) is 8.46. The number of fused-ring (bicyclic) bond motifs is 2. The number of nitrogens with one attached hydrogen (secondary N) is 2. The number of benzene rings is 1. The summed E-state index contributed by atoms with van der Waals surface area (Å²) in [5.41, 5.74) is 6.28. The molecule has 40 heavy (non-hydrogen) atoms. The maximum absolute atomic E-state index is 12.9. The van der Waals surface area contributed by atoms with Gasteiger partial charge >= 0.3 is 6.09 Å². The Morgan fingerprint density at radius 2 is 2.08 bits per heavy atom. The molecule has 4 N–H and O–H groups in total. The Labute approximate surface area is 231 Å². The number of pyridine rings is 2. The number of nitrogens with zero attached hydrogens (tertiary/aromatic N) is 3. The molecule has 3 heterocycles. The zero-order valence-corrected chi connectivity index (χ0v) is 22.4. The third-order valence-electron chi connectivity index (χ3n) is 7.09. The van der Waals surface area contributed by atoms with E-state index in [2.05, 4.69) is 15.6 Å². The van der Waals surface area contributed by atoms with Crippen molar-refractivity contribution in [2.75, 3.05) is 43.6 Å². The van der Waals surface area contributed by atoms with E-state index in [-0.39, 0.29) is 36.0 Å². The van der Waals surface area contributed by atoms with E-state index in [1.54, 1.807) is 29.8 Å². The number of nitrogens with two attached hydrogens (primary N) is 1. The van der Waals surface area contributed by atoms with Gasteiger partial charge in [0.1, 0.15) is 24.3 Å². The van der Waals surface area contributed by atoms with Crippen molar-refractivity contribution in [3.05, 3.63) is 52.8 Å². The van der Waals surface area contributed by atoms with E-state index < -0.39 is 6.09 Å². The van der Waals surface area contributed by atoms with Gasteiger partial charge in [-0.15, -0.1) is 0 Å². The number of carbonyl (C=O) groups is 2. The summed E-state index contributed by atoms with van der Waals surface area (Å²) in [7, 11) is 1.58. The van der Waals surface area contributed by atoms with Crippen LogP contribution in [-0.4, -0.2) is 67.0 Å². The zero-order chi connectivity index (χ0) is 28.1. The van der Waals surface area contributed by atoms with Gasteiger partial charge in [0.15, 0.2) is 18.2 Å². The average Bonchev–Trinajstić information content (AvgIpc) is 2.96. The van der Waals surface area contributed by atoms with Crippen LogP contribution in [0.5, 0.6) is 11.5 Å². The second-order valence-electron chi connectivity index (χ2n) is 9.92. The van der Waals surface area contributed by atoms with Crippen molar-refractivity contribution in [2.45, 2.75) is 44.4 Å². The summed E-state index contributed by atoms with van der Waals surface area (Å²) in [5, 5.41) is 7.13. The number of hydrogen-bond acceptors (Lipinski definition) is 9. The molecule has 1 aliphatic carbocycles. The van der Waals surface area contributed by atoms with Gasteiger partial charge in [0.25, 0.3) is 11.5 Å². The topological polar surface area (TPSA) is 150 Å². The van der Waals surface area contributed by atoms with Gasteiger partial charge in [-0.05, 0) is 61.4 Å². The van der Waals surface area contributed by atoms with Crippen molar-refractivity contribution in [3.63, 3.8) is 0 Å². The van der Waals surface area contributed by atoms with Crippen molar-refractivity contribution < 1.29 is 23.8 Å². The van der Waals surface area contributed by atoms with Crippen LogP contribution in [0.25, 0.3) is 10.9 Å². The Morgan fingerprint density at radius 3 is 2.92 bits per heavy atom. The summed E-state index contributed by atoms with van der Waals surface area (Å²) in [5.74, 6) is 1.46. The predicted octanol–water partition coefficient (Wildman–Crippen LogP) is 2.24. The lowest BCUT2D eigenvalue weighted by Crippen LogP contribution is -2.41. The molecular formula is C28H34N6O6. The van der Waals surface area contributed by atoms with Gasteiger partial charge in [-0.3, -0.25) is 14.5 Å². The van der Waals surface area contributed by atoms with Gasteiger partial charge in [0, 0.05) is 44.9 Å². The van der Waals surface area contributed by atoms with Crippen LogP contribution in [0.15, 0.2) is 47.3 Å². The van der Waals surface area contributed by atoms with E-state index in [4.69, 9.17) is 19.9 Å². The summed E-state index contributed by atoms with van der Waals surface area (Å²) in [6.45, 7) is 1.84. The number of rotatable bonds is 9. The fraction of sp³-hybridized carbons (Fsp3) is 0.429. The molecule has 3 aromatic rings. The van der Waals surface area contributed by atoms with Crippen molar-refractivity contribution >= 4 is 34.5 Å². The highest BCUT2D eigenvalue weighted by molar-refractivity contribution is 5.95. The molecule has 5 rings (SSSR count). The van der Waals surface area contributed by atoms with Crippen LogP contribution in [-0.2, 0) is 16.1 Å². The molecule has 0 saturated heterocycles. The largest absolute Gasteiger partial charge is 0.492 e. The van der Waals surface area contributed by atoms with Crippen LogP contribution in [0.3, 0.4) is 0 Å². The molecule has 2 amide bonds. The molecule has 1 saturated carbocycles. The van der Waals surface area contributed by atoms with E-state index in [0.29, 0.717) is 50.0 Å². The van der Waals surface area contributed by atoms with Crippen LogP contribution in [0.4, 0.5) is 16.4 Å². The third kappa shape index (κ3) is 6.35. The van der Waals surface area contributed by atoms with Crippen LogP contribution in [0.2, 0.25) is 0 Å². The van der Waals surface area contributed by atoms with Crippen molar-refractivity contribution in [3.8, 4) is 11.5 Å². The van der Waals surface area contributed by atoms with Crippen LogP contribution in [0, 0.1) is 0 Å². The van der Waals surface area contributed by atoms with E-state index in [1.807, 2.05) is 24.3 Å². The number of carbonyl (C=O) groups excluding carboxylic acids is 2. The first-order valence-corrected chi connectivity index (χ1v) is 13.5. The van der Waals surface area contributed by atoms with Gasteiger partial charge in [-0.25, -0.2) is 9.78 Å². The number of amides is 2. The van der Waals surface area contributed by atoms with E-state index in [1.165, 1.54) is 4.90 Å². The summed E-state index contributed by atoms with van der Waals surface area (Å²) in [6.07, 6.45) is 2.55. The molecule has 0 bridgehead atoms. The molecule has 1 aliphatic heterocycles. The number of anilines is 2. The first kappa shape index (κ1) is 27.4. The van der Waals surface area contributed by atoms with Gasteiger partial charge in [-0.2, -0.15) is 0 Å². The van der Waals surface area contributed by atoms with Crippen molar-refractivity contribution in [2.24, 2.45) is 5.73 Å². The highest BCUT2D eigenvalue weighted by Crippen LogP contribution is 2.29. The molecule has 2 aliphatic rings.